The molecular formula is C23H34N4O3. The van der Waals surface area contributed by atoms with E-state index < -0.39 is 6.03 Å². The van der Waals surface area contributed by atoms with Crippen LogP contribution in [0.2, 0.25) is 0 Å². The summed E-state index contributed by atoms with van der Waals surface area (Å²) in [6.07, 6.45) is 1.36. The number of nitrogens with one attached hydrogen (secondary N) is 2. The summed E-state index contributed by atoms with van der Waals surface area (Å²) >= 11 is 0. The molecule has 1 aromatic heterocycles. The van der Waals surface area contributed by atoms with Crippen LogP contribution in [0.1, 0.15) is 58.2 Å². The molecule has 0 aliphatic heterocycles. The second-order valence-electron chi connectivity index (χ2n) is 8.68. The van der Waals surface area contributed by atoms with Gasteiger partial charge in [0, 0.05) is 25.6 Å². The molecule has 0 spiro atoms. The van der Waals surface area contributed by atoms with E-state index in [0.29, 0.717) is 35.5 Å². The largest absolute Gasteiger partial charge is 0.369 e. The lowest BCUT2D eigenvalue weighted by Crippen LogP contribution is -2.32. The van der Waals surface area contributed by atoms with Crippen LogP contribution in [0.4, 0.5) is 22.1 Å². The van der Waals surface area contributed by atoms with Crippen LogP contribution in [-0.4, -0.2) is 30.6 Å². The van der Waals surface area contributed by atoms with E-state index >= 15 is 0 Å². The van der Waals surface area contributed by atoms with E-state index in [1.165, 1.54) is 0 Å². The zero-order valence-corrected chi connectivity index (χ0v) is 18.9. The van der Waals surface area contributed by atoms with Crippen molar-refractivity contribution in [3.63, 3.8) is 0 Å². The molecule has 0 bridgehead atoms. The second kappa shape index (κ2) is 10.8. The van der Waals surface area contributed by atoms with Gasteiger partial charge < -0.3 is 19.5 Å². The van der Waals surface area contributed by atoms with Crippen LogP contribution in [0.15, 0.2) is 28.8 Å². The molecule has 1 heterocycles. The molecule has 2 amide bonds. The van der Waals surface area contributed by atoms with Crippen molar-refractivity contribution in [1.29, 1.82) is 0 Å². The minimum absolute atomic E-state index is 0.0701. The predicted molar refractivity (Wildman–Crippen MR) is 121 cm³/mol. The number of carbonyl (C=O) groups excluding carboxylic acids is 2. The number of carbonyl (C=O) groups is 2. The third-order valence-electron chi connectivity index (χ3n) is 4.66. The Labute approximate surface area is 179 Å². The molecule has 1 atom stereocenters. The summed E-state index contributed by atoms with van der Waals surface area (Å²) < 4.78 is 5.08. The van der Waals surface area contributed by atoms with Gasteiger partial charge in [0.2, 0.25) is 5.88 Å². The van der Waals surface area contributed by atoms with Crippen molar-refractivity contribution >= 4 is 29.6 Å². The fourth-order valence-electron chi connectivity index (χ4n) is 3.36. The first-order valence-corrected chi connectivity index (χ1v) is 10.5. The third-order valence-corrected chi connectivity index (χ3v) is 4.66. The topological polar surface area (TPSA) is 87.5 Å². The first-order valence-electron chi connectivity index (χ1n) is 10.5. The number of aryl methyl sites for hydroxylation is 1. The number of anilines is 3. The molecule has 2 aromatic rings. The Morgan fingerprint density at radius 3 is 2.30 bits per heavy atom. The van der Waals surface area contributed by atoms with Crippen LogP contribution in [-0.2, 0) is 4.79 Å². The minimum Gasteiger partial charge on any atom is -0.369 e. The molecule has 0 aliphatic carbocycles. The van der Waals surface area contributed by atoms with Crippen LogP contribution >= 0.6 is 0 Å². The minimum atomic E-state index is -0.401. The van der Waals surface area contributed by atoms with E-state index in [9.17, 15) is 9.59 Å². The Morgan fingerprint density at radius 1 is 1.10 bits per heavy atom. The number of benzene rings is 1. The van der Waals surface area contributed by atoms with Crippen LogP contribution in [0.3, 0.4) is 0 Å². The highest BCUT2D eigenvalue weighted by Crippen LogP contribution is 2.32. The smallest absolute Gasteiger partial charge is 0.326 e. The second-order valence-corrected chi connectivity index (χ2v) is 8.68. The molecule has 7 nitrogen and oxygen atoms in total. The number of aromatic nitrogens is 1. The maximum atomic E-state index is 12.6. The summed E-state index contributed by atoms with van der Waals surface area (Å²) in [4.78, 5) is 25.9. The van der Waals surface area contributed by atoms with Gasteiger partial charge in [-0.25, -0.2) is 4.79 Å². The number of hydrogen-bond donors (Lipinski definition) is 2. The van der Waals surface area contributed by atoms with Crippen LogP contribution < -0.4 is 15.5 Å². The van der Waals surface area contributed by atoms with Crippen molar-refractivity contribution in [2.75, 3.05) is 28.6 Å². The molecule has 164 valence electrons. The fraction of sp³-hybridized carbons (Fsp3) is 0.522. The Kier molecular flexibility index (Phi) is 8.45. The Morgan fingerprint density at radius 2 is 1.77 bits per heavy atom. The van der Waals surface area contributed by atoms with E-state index in [4.69, 9.17) is 4.52 Å². The third kappa shape index (κ3) is 6.90. The lowest BCUT2D eigenvalue weighted by Gasteiger charge is -2.31. The Hall–Kier alpha value is -2.83. The average Bonchev–Trinajstić information content (AvgIpc) is 3.05. The average molecular weight is 415 g/mol. The van der Waals surface area contributed by atoms with Crippen molar-refractivity contribution in [2.24, 2.45) is 11.8 Å². The first-order chi connectivity index (χ1) is 14.2. The Balaban J connectivity index is 2.36. The summed E-state index contributed by atoms with van der Waals surface area (Å²) in [5.74, 6) is 1.30. The van der Waals surface area contributed by atoms with Gasteiger partial charge in [-0.3, -0.25) is 5.32 Å². The van der Waals surface area contributed by atoms with Crippen molar-refractivity contribution < 1.29 is 14.1 Å². The zero-order chi connectivity index (χ0) is 22.3. The van der Waals surface area contributed by atoms with Gasteiger partial charge in [-0.15, -0.1) is 0 Å². The van der Waals surface area contributed by atoms with Gasteiger partial charge in [0.1, 0.15) is 6.29 Å². The quantitative estimate of drug-likeness (QED) is 0.506. The highest BCUT2D eigenvalue weighted by Gasteiger charge is 2.18. The number of aldehydes is 1. The fourth-order valence-corrected chi connectivity index (χ4v) is 3.36. The predicted octanol–water partition coefficient (Wildman–Crippen LogP) is 5.44. The van der Waals surface area contributed by atoms with Crippen molar-refractivity contribution in [3.05, 3.63) is 35.5 Å². The Bertz CT molecular complexity index is 835. The van der Waals surface area contributed by atoms with Gasteiger partial charge in [-0.05, 0) is 42.4 Å². The normalized spacial score (nSPS) is 12.1. The van der Waals surface area contributed by atoms with E-state index in [2.05, 4.69) is 48.4 Å². The van der Waals surface area contributed by atoms with Crippen molar-refractivity contribution in [3.8, 4) is 0 Å². The maximum absolute atomic E-state index is 12.6. The summed E-state index contributed by atoms with van der Waals surface area (Å²) in [6.45, 7) is 14.3. The standard InChI is InChI=1S/C23H34N4O3/c1-15(2)13-27(14-16(3)4)21-8-7-19(17(5)9-10-28)12-20(21)24-23(29)25-22-11-18(6)26-30-22/h7-8,10-12,15-17H,9,13-14H2,1-6H3,(H2,24,25,29). The van der Waals surface area contributed by atoms with E-state index in [-0.39, 0.29) is 5.92 Å². The molecule has 0 fully saturated rings. The number of urea groups is 1. The summed E-state index contributed by atoms with van der Waals surface area (Å²) in [5, 5.41) is 9.43. The molecule has 0 radical (unpaired) electrons. The van der Waals surface area contributed by atoms with E-state index in [0.717, 1.165) is 30.6 Å². The molecule has 1 unspecified atom stereocenters. The van der Waals surface area contributed by atoms with Gasteiger partial charge in [0.05, 0.1) is 17.1 Å². The van der Waals surface area contributed by atoms with Crippen molar-refractivity contribution in [2.45, 2.75) is 53.9 Å². The van der Waals surface area contributed by atoms with Gasteiger partial charge in [0.15, 0.2) is 0 Å². The lowest BCUT2D eigenvalue weighted by molar-refractivity contribution is -0.108. The zero-order valence-electron chi connectivity index (χ0n) is 18.9. The van der Waals surface area contributed by atoms with Crippen LogP contribution in [0.25, 0.3) is 0 Å². The highest BCUT2D eigenvalue weighted by molar-refractivity contribution is 6.01. The molecule has 2 N–H and O–H groups in total. The molecule has 1 aromatic carbocycles. The number of amides is 2. The van der Waals surface area contributed by atoms with Gasteiger partial charge in [-0.1, -0.05) is 45.8 Å². The van der Waals surface area contributed by atoms with Gasteiger partial charge in [0.25, 0.3) is 0 Å². The molecule has 0 saturated carbocycles. The summed E-state index contributed by atoms with van der Waals surface area (Å²) in [6, 6.07) is 7.30. The molecule has 0 aliphatic rings. The van der Waals surface area contributed by atoms with Crippen LogP contribution in [0, 0.1) is 18.8 Å². The SMILES string of the molecule is Cc1cc(NC(=O)Nc2cc(C(C)CC=O)ccc2N(CC(C)C)CC(C)C)on1. The van der Waals surface area contributed by atoms with E-state index in [1.807, 2.05) is 25.1 Å². The summed E-state index contributed by atoms with van der Waals surface area (Å²) in [5.41, 5.74) is 3.37. The number of nitrogens with zero attached hydrogens (tertiary/aromatic N) is 2. The highest BCUT2D eigenvalue weighted by atomic mass is 16.5. The first kappa shape index (κ1) is 23.4. The molecule has 2 rings (SSSR count). The molecule has 0 saturated heterocycles. The number of hydrogen-bond acceptors (Lipinski definition) is 5. The van der Waals surface area contributed by atoms with Gasteiger partial charge in [-0.2, -0.15) is 0 Å². The van der Waals surface area contributed by atoms with Crippen molar-refractivity contribution in [1.82, 2.24) is 5.16 Å². The lowest BCUT2D eigenvalue weighted by atomic mass is 9.97. The summed E-state index contributed by atoms with van der Waals surface area (Å²) in [7, 11) is 0. The molecular weight excluding hydrogens is 380 g/mol. The number of rotatable bonds is 10. The maximum Gasteiger partial charge on any atom is 0.326 e. The van der Waals surface area contributed by atoms with Gasteiger partial charge >= 0.3 is 6.03 Å². The van der Waals surface area contributed by atoms with E-state index in [1.54, 1.807) is 13.0 Å². The molecule has 7 heteroatoms. The monoisotopic (exact) mass is 414 g/mol. The molecule has 30 heavy (non-hydrogen) atoms. The van der Waals surface area contributed by atoms with Crippen LogP contribution in [0.5, 0.6) is 0 Å².